The van der Waals surface area contributed by atoms with Crippen molar-refractivity contribution in [3.8, 4) is 0 Å². The predicted molar refractivity (Wildman–Crippen MR) is 122 cm³/mol. The maximum atomic E-state index is 13.5. The lowest BCUT2D eigenvalue weighted by Crippen LogP contribution is -2.28. The Kier molecular flexibility index (Phi) is 6.76. The Bertz CT molecular complexity index is 1080. The van der Waals surface area contributed by atoms with Crippen LogP contribution in [0.5, 0.6) is 0 Å². The van der Waals surface area contributed by atoms with Crippen molar-refractivity contribution in [2.45, 2.75) is 39.7 Å². The van der Waals surface area contributed by atoms with Crippen molar-refractivity contribution in [2.75, 3.05) is 13.7 Å². The van der Waals surface area contributed by atoms with Crippen LogP contribution in [-0.2, 0) is 21.7 Å². The molecule has 0 bridgehead atoms. The molecule has 3 aromatic rings. The van der Waals surface area contributed by atoms with E-state index >= 15 is 0 Å². The first-order chi connectivity index (χ1) is 14.7. The van der Waals surface area contributed by atoms with Gasteiger partial charge in [-0.1, -0.05) is 75.4 Å². The highest BCUT2D eigenvalue weighted by Gasteiger charge is 2.24. The van der Waals surface area contributed by atoms with Crippen molar-refractivity contribution in [1.82, 2.24) is 4.90 Å². The summed E-state index contributed by atoms with van der Waals surface area (Å²) in [5.74, 6) is -0.931. The number of nitrogens with zero attached hydrogens (tertiary/aromatic N) is 1. The third-order valence-corrected chi connectivity index (χ3v) is 5.20. The summed E-state index contributed by atoms with van der Waals surface area (Å²) in [6, 6.07) is 19.2. The maximum absolute atomic E-state index is 13.5. The molecular formula is C26H29NO4. The molecule has 0 unspecified atom stereocenters. The van der Waals surface area contributed by atoms with Crippen LogP contribution in [0.3, 0.4) is 0 Å². The third kappa shape index (κ3) is 5.12. The predicted octanol–water partition coefficient (Wildman–Crippen LogP) is 5.52. The lowest BCUT2D eigenvalue weighted by atomic mass is 9.87. The standard InChI is InChI=1S/C26H29NO4/c1-6-30-31-25(29)22-16-13-19-9-7-8-10-21(19)23(22)24(28)27(5)17-18-11-14-20(15-12-18)26(2,3)4/h7-16H,6,17H2,1-5H3. The molecule has 0 aliphatic rings. The van der Waals surface area contributed by atoms with Crippen LogP contribution in [0.1, 0.15) is 59.5 Å². The highest BCUT2D eigenvalue weighted by Crippen LogP contribution is 2.26. The van der Waals surface area contributed by atoms with Crippen molar-refractivity contribution >= 4 is 22.6 Å². The van der Waals surface area contributed by atoms with Gasteiger partial charge in [0.1, 0.15) is 0 Å². The second kappa shape index (κ2) is 9.31. The van der Waals surface area contributed by atoms with Gasteiger partial charge in [-0.25, -0.2) is 4.79 Å². The van der Waals surface area contributed by atoms with Crippen molar-refractivity contribution in [3.05, 3.63) is 82.9 Å². The fourth-order valence-electron chi connectivity index (χ4n) is 3.48. The Balaban J connectivity index is 1.93. The largest absolute Gasteiger partial charge is 0.373 e. The summed E-state index contributed by atoms with van der Waals surface area (Å²) < 4.78 is 0. The van der Waals surface area contributed by atoms with E-state index in [4.69, 9.17) is 9.78 Å². The Labute approximate surface area is 183 Å². The Morgan fingerprint density at radius 2 is 1.61 bits per heavy atom. The molecular weight excluding hydrogens is 390 g/mol. The number of hydrogen-bond acceptors (Lipinski definition) is 4. The van der Waals surface area contributed by atoms with E-state index in [0.717, 1.165) is 10.9 Å². The zero-order valence-electron chi connectivity index (χ0n) is 18.8. The Morgan fingerprint density at radius 1 is 0.935 bits per heavy atom. The minimum Gasteiger partial charge on any atom is -0.337 e. The van der Waals surface area contributed by atoms with Crippen LogP contribution in [0.2, 0.25) is 0 Å². The van der Waals surface area contributed by atoms with Crippen LogP contribution >= 0.6 is 0 Å². The van der Waals surface area contributed by atoms with Crippen LogP contribution in [0.4, 0.5) is 0 Å². The summed E-state index contributed by atoms with van der Waals surface area (Å²) in [6.45, 7) is 8.88. The van der Waals surface area contributed by atoms with E-state index in [1.807, 2.05) is 36.4 Å². The number of amides is 1. The number of fused-ring (bicyclic) bond motifs is 1. The van der Waals surface area contributed by atoms with Gasteiger partial charge in [-0.3, -0.25) is 9.68 Å². The van der Waals surface area contributed by atoms with Crippen molar-refractivity contribution in [3.63, 3.8) is 0 Å². The topological polar surface area (TPSA) is 55.8 Å². The average Bonchev–Trinajstić information content (AvgIpc) is 2.75. The summed E-state index contributed by atoms with van der Waals surface area (Å²) in [5, 5.41) is 1.58. The molecule has 3 rings (SSSR count). The van der Waals surface area contributed by atoms with E-state index in [1.54, 1.807) is 31.0 Å². The smallest absolute Gasteiger partial charge is 0.337 e. The number of carbonyl (C=O) groups is 2. The van der Waals surface area contributed by atoms with Crippen LogP contribution in [0.25, 0.3) is 10.8 Å². The van der Waals surface area contributed by atoms with E-state index in [-0.39, 0.29) is 23.5 Å². The number of benzene rings is 3. The summed E-state index contributed by atoms with van der Waals surface area (Å²) in [4.78, 5) is 37.3. The molecule has 0 N–H and O–H groups in total. The zero-order valence-corrected chi connectivity index (χ0v) is 18.8. The van der Waals surface area contributed by atoms with Gasteiger partial charge in [-0.05, 0) is 40.3 Å². The quantitative estimate of drug-likeness (QED) is 0.390. The van der Waals surface area contributed by atoms with Crippen molar-refractivity contribution in [2.24, 2.45) is 0 Å². The monoisotopic (exact) mass is 419 g/mol. The molecule has 1 amide bonds. The van der Waals surface area contributed by atoms with Gasteiger partial charge in [0.25, 0.3) is 5.91 Å². The molecule has 0 heterocycles. The molecule has 0 saturated carbocycles. The van der Waals surface area contributed by atoms with E-state index in [0.29, 0.717) is 17.5 Å². The molecule has 0 fully saturated rings. The van der Waals surface area contributed by atoms with Crippen LogP contribution < -0.4 is 0 Å². The molecule has 0 radical (unpaired) electrons. The molecule has 0 aromatic heterocycles. The van der Waals surface area contributed by atoms with Gasteiger partial charge in [-0.2, -0.15) is 4.89 Å². The molecule has 5 nitrogen and oxygen atoms in total. The molecule has 0 spiro atoms. The highest BCUT2D eigenvalue weighted by molar-refractivity contribution is 6.14. The van der Waals surface area contributed by atoms with E-state index in [9.17, 15) is 9.59 Å². The molecule has 0 saturated heterocycles. The summed E-state index contributed by atoms with van der Waals surface area (Å²) in [7, 11) is 1.74. The highest BCUT2D eigenvalue weighted by atomic mass is 17.2. The van der Waals surface area contributed by atoms with Gasteiger partial charge in [0.2, 0.25) is 0 Å². The summed E-state index contributed by atoms with van der Waals surface area (Å²) in [6.07, 6.45) is 0. The third-order valence-electron chi connectivity index (χ3n) is 5.20. The fraction of sp³-hybridized carbons (Fsp3) is 0.308. The van der Waals surface area contributed by atoms with Gasteiger partial charge in [0, 0.05) is 13.6 Å². The van der Waals surface area contributed by atoms with E-state index in [2.05, 4.69) is 32.9 Å². The number of carbonyl (C=O) groups excluding carboxylic acids is 2. The van der Waals surface area contributed by atoms with Crippen LogP contribution in [0, 0.1) is 0 Å². The van der Waals surface area contributed by atoms with Crippen LogP contribution in [-0.4, -0.2) is 30.4 Å². The summed E-state index contributed by atoms with van der Waals surface area (Å²) in [5.41, 5.74) is 2.82. The second-order valence-electron chi connectivity index (χ2n) is 8.59. The normalized spacial score (nSPS) is 11.4. The minimum atomic E-state index is -0.682. The lowest BCUT2D eigenvalue weighted by molar-refractivity contribution is -0.236. The number of hydrogen-bond donors (Lipinski definition) is 0. The molecule has 0 atom stereocenters. The van der Waals surface area contributed by atoms with Crippen molar-refractivity contribution in [1.29, 1.82) is 0 Å². The fourth-order valence-corrected chi connectivity index (χ4v) is 3.48. The van der Waals surface area contributed by atoms with Gasteiger partial charge in [0.15, 0.2) is 0 Å². The molecule has 0 aliphatic carbocycles. The maximum Gasteiger partial charge on any atom is 0.373 e. The Hall–Kier alpha value is -3.18. The van der Waals surface area contributed by atoms with Crippen molar-refractivity contribution < 1.29 is 19.4 Å². The number of rotatable bonds is 6. The van der Waals surface area contributed by atoms with Gasteiger partial charge in [0.05, 0.1) is 17.7 Å². The lowest BCUT2D eigenvalue weighted by Gasteiger charge is -2.22. The first kappa shape index (κ1) is 22.5. The van der Waals surface area contributed by atoms with E-state index in [1.165, 1.54) is 5.56 Å². The second-order valence-corrected chi connectivity index (χ2v) is 8.59. The summed E-state index contributed by atoms with van der Waals surface area (Å²) >= 11 is 0. The van der Waals surface area contributed by atoms with Gasteiger partial charge >= 0.3 is 5.97 Å². The molecule has 5 heteroatoms. The van der Waals surface area contributed by atoms with E-state index < -0.39 is 5.97 Å². The first-order valence-electron chi connectivity index (χ1n) is 10.4. The van der Waals surface area contributed by atoms with Gasteiger partial charge in [-0.15, -0.1) is 0 Å². The average molecular weight is 420 g/mol. The Morgan fingerprint density at radius 3 is 2.26 bits per heavy atom. The zero-order chi connectivity index (χ0) is 22.6. The first-order valence-corrected chi connectivity index (χ1v) is 10.4. The van der Waals surface area contributed by atoms with Crippen LogP contribution in [0.15, 0.2) is 60.7 Å². The molecule has 0 aliphatic heterocycles. The molecule has 3 aromatic carbocycles. The molecule has 162 valence electrons. The van der Waals surface area contributed by atoms with Gasteiger partial charge < -0.3 is 4.90 Å². The minimum absolute atomic E-state index is 0.0685. The molecule has 31 heavy (non-hydrogen) atoms. The SMILES string of the molecule is CCOOC(=O)c1ccc2ccccc2c1C(=O)N(C)Cc1ccc(C(C)(C)C)cc1.